The monoisotopic (exact) mass is 582 g/mol. The normalized spacial score (nSPS) is 12.0. The third-order valence-corrected chi connectivity index (χ3v) is 8.86. The third-order valence-electron chi connectivity index (χ3n) is 7.73. The number of aromatic nitrogens is 3. The van der Waals surface area contributed by atoms with E-state index in [1.54, 1.807) is 0 Å². The molecule has 0 fully saturated rings. The molecule has 1 aliphatic rings. The molecule has 0 bridgehead atoms. The highest BCUT2D eigenvalue weighted by atomic mass is 32.2. The van der Waals surface area contributed by atoms with Crippen molar-refractivity contribution in [3.05, 3.63) is 158 Å². The molecule has 208 valence electrons. The maximum absolute atomic E-state index is 4.98. The van der Waals surface area contributed by atoms with E-state index in [2.05, 4.69) is 126 Å². The Hall–Kier alpha value is -5.52. The van der Waals surface area contributed by atoms with Crippen LogP contribution in [-0.2, 0) is 0 Å². The lowest BCUT2D eigenvalue weighted by atomic mass is 10.0. The average molecular weight is 583 g/mol. The van der Waals surface area contributed by atoms with Crippen LogP contribution in [0.1, 0.15) is 0 Å². The molecule has 8 rings (SSSR count). The first-order valence-electron chi connectivity index (χ1n) is 14.5. The molecular formula is C39H26N4S. The molecule has 0 amide bonds. The molecule has 0 saturated heterocycles. The van der Waals surface area contributed by atoms with E-state index >= 15 is 0 Å². The molecule has 0 unspecified atom stereocenters. The van der Waals surface area contributed by atoms with Gasteiger partial charge in [0, 0.05) is 32.2 Å². The Labute approximate surface area is 260 Å². The lowest BCUT2D eigenvalue weighted by molar-refractivity contribution is 1.07. The van der Waals surface area contributed by atoms with Gasteiger partial charge in [0.2, 0.25) is 0 Å². The third kappa shape index (κ3) is 4.93. The standard InChI is InChI=1S/C39H26N4S/c1-3-11-27(12-4-1)28-19-21-30(22-20-28)38-40-37(29-13-5-2-6-14-29)41-39(42-38)31-23-25-32(26-24-31)43-33-15-7-9-17-35(33)44-36-18-10-8-16-34(36)43/h1-26H. The van der Waals surface area contributed by atoms with Crippen molar-refractivity contribution in [2.75, 3.05) is 4.90 Å². The van der Waals surface area contributed by atoms with Gasteiger partial charge in [-0.3, -0.25) is 0 Å². The zero-order valence-electron chi connectivity index (χ0n) is 23.7. The fraction of sp³-hybridized carbons (Fsp3) is 0. The van der Waals surface area contributed by atoms with E-state index in [-0.39, 0.29) is 0 Å². The fourth-order valence-corrected chi connectivity index (χ4v) is 6.59. The number of hydrogen-bond donors (Lipinski definition) is 0. The van der Waals surface area contributed by atoms with E-state index < -0.39 is 0 Å². The Balaban J connectivity index is 1.19. The summed E-state index contributed by atoms with van der Waals surface area (Å²) in [5.41, 5.74) is 8.61. The number of benzene rings is 6. The van der Waals surface area contributed by atoms with E-state index in [9.17, 15) is 0 Å². The zero-order chi connectivity index (χ0) is 29.3. The molecule has 0 N–H and O–H groups in total. The molecule has 0 atom stereocenters. The van der Waals surface area contributed by atoms with Gasteiger partial charge in [-0.15, -0.1) is 0 Å². The highest BCUT2D eigenvalue weighted by Gasteiger charge is 2.24. The Morgan fingerprint density at radius 3 is 1.23 bits per heavy atom. The molecule has 5 heteroatoms. The summed E-state index contributed by atoms with van der Waals surface area (Å²) in [5, 5.41) is 0. The van der Waals surface area contributed by atoms with Crippen LogP contribution in [0.5, 0.6) is 0 Å². The molecule has 4 nitrogen and oxygen atoms in total. The number of para-hydroxylation sites is 2. The predicted octanol–water partition coefficient (Wildman–Crippen LogP) is 10.5. The van der Waals surface area contributed by atoms with Crippen LogP contribution in [-0.4, -0.2) is 15.0 Å². The fourth-order valence-electron chi connectivity index (χ4n) is 5.54. The van der Waals surface area contributed by atoms with E-state index in [1.165, 1.54) is 26.7 Å². The average Bonchev–Trinajstić information content (AvgIpc) is 3.11. The molecule has 1 aliphatic heterocycles. The number of nitrogens with zero attached hydrogens (tertiary/aromatic N) is 4. The Kier molecular flexibility index (Phi) is 6.70. The largest absolute Gasteiger partial charge is 0.308 e. The maximum Gasteiger partial charge on any atom is 0.164 e. The van der Waals surface area contributed by atoms with Crippen molar-refractivity contribution in [2.45, 2.75) is 9.79 Å². The summed E-state index contributed by atoms with van der Waals surface area (Å²) in [6, 6.07) is 54.5. The van der Waals surface area contributed by atoms with Crippen molar-refractivity contribution in [1.82, 2.24) is 15.0 Å². The Bertz CT molecular complexity index is 2030. The second kappa shape index (κ2) is 11.3. The topological polar surface area (TPSA) is 41.9 Å². The highest BCUT2D eigenvalue weighted by Crippen LogP contribution is 2.51. The molecule has 0 saturated carbocycles. The van der Waals surface area contributed by atoms with E-state index in [0.29, 0.717) is 17.5 Å². The first kappa shape index (κ1) is 26.1. The number of fused-ring (bicyclic) bond motifs is 2. The summed E-state index contributed by atoms with van der Waals surface area (Å²) in [4.78, 5) is 19.6. The summed E-state index contributed by atoms with van der Waals surface area (Å²) in [6.45, 7) is 0. The quantitative estimate of drug-likeness (QED) is 0.202. The molecule has 1 aromatic heterocycles. The van der Waals surface area contributed by atoms with Crippen LogP contribution in [0.4, 0.5) is 17.1 Å². The second-order valence-electron chi connectivity index (χ2n) is 10.5. The van der Waals surface area contributed by atoms with Crippen molar-refractivity contribution in [1.29, 1.82) is 0 Å². The van der Waals surface area contributed by atoms with Crippen molar-refractivity contribution in [3.63, 3.8) is 0 Å². The van der Waals surface area contributed by atoms with Gasteiger partial charge in [0.15, 0.2) is 17.5 Å². The summed E-state index contributed by atoms with van der Waals surface area (Å²) in [5.74, 6) is 1.94. The zero-order valence-corrected chi connectivity index (χ0v) is 24.5. The predicted molar refractivity (Wildman–Crippen MR) is 180 cm³/mol. The molecule has 6 aromatic carbocycles. The minimum absolute atomic E-state index is 0.641. The van der Waals surface area contributed by atoms with Gasteiger partial charge in [-0.1, -0.05) is 121 Å². The number of anilines is 3. The van der Waals surface area contributed by atoms with E-state index in [1.807, 2.05) is 48.2 Å². The van der Waals surface area contributed by atoms with Crippen LogP contribution in [0.2, 0.25) is 0 Å². The summed E-state index contributed by atoms with van der Waals surface area (Å²) in [6.07, 6.45) is 0. The Morgan fingerprint density at radius 1 is 0.341 bits per heavy atom. The van der Waals surface area contributed by atoms with Crippen LogP contribution in [0.3, 0.4) is 0 Å². The van der Waals surface area contributed by atoms with Gasteiger partial charge in [0.05, 0.1) is 11.4 Å². The van der Waals surface area contributed by atoms with Crippen LogP contribution >= 0.6 is 11.8 Å². The molecule has 2 heterocycles. The molecule has 7 aromatic rings. The van der Waals surface area contributed by atoms with Gasteiger partial charge < -0.3 is 4.90 Å². The first-order chi connectivity index (χ1) is 21.8. The van der Waals surface area contributed by atoms with Gasteiger partial charge in [0.1, 0.15) is 0 Å². The minimum Gasteiger partial charge on any atom is -0.308 e. The first-order valence-corrected chi connectivity index (χ1v) is 15.4. The molecule has 0 spiro atoms. The van der Waals surface area contributed by atoms with Crippen LogP contribution in [0, 0.1) is 0 Å². The summed E-state index contributed by atoms with van der Waals surface area (Å²) >= 11 is 1.81. The van der Waals surface area contributed by atoms with Crippen molar-refractivity contribution in [2.24, 2.45) is 0 Å². The molecule has 0 aliphatic carbocycles. The Morgan fingerprint density at radius 2 is 0.705 bits per heavy atom. The lowest BCUT2D eigenvalue weighted by Gasteiger charge is -2.32. The van der Waals surface area contributed by atoms with Crippen molar-refractivity contribution in [3.8, 4) is 45.3 Å². The second-order valence-corrected chi connectivity index (χ2v) is 11.6. The SMILES string of the molecule is c1ccc(-c2ccc(-c3nc(-c4ccccc4)nc(-c4ccc(N5c6ccccc6Sc6ccccc65)cc4)n3)cc2)cc1. The molecule has 0 radical (unpaired) electrons. The summed E-state index contributed by atoms with van der Waals surface area (Å²) < 4.78 is 0. The van der Waals surface area contributed by atoms with Crippen LogP contribution < -0.4 is 4.90 Å². The smallest absolute Gasteiger partial charge is 0.164 e. The van der Waals surface area contributed by atoms with Crippen LogP contribution in [0.15, 0.2) is 168 Å². The van der Waals surface area contributed by atoms with Gasteiger partial charge >= 0.3 is 0 Å². The number of hydrogen-bond acceptors (Lipinski definition) is 5. The summed E-state index contributed by atoms with van der Waals surface area (Å²) in [7, 11) is 0. The maximum atomic E-state index is 4.98. The van der Waals surface area contributed by atoms with Gasteiger partial charge in [-0.05, 0) is 59.7 Å². The van der Waals surface area contributed by atoms with Crippen molar-refractivity contribution < 1.29 is 0 Å². The van der Waals surface area contributed by atoms with Crippen LogP contribution in [0.25, 0.3) is 45.3 Å². The number of rotatable bonds is 5. The van der Waals surface area contributed by atoms with Crippen molar-refractivity contribution >= 4 is 28.8 Å². The van der Waals surface area contributed by atoms with Gasteiger partial charge in [-0.2, -0.15) is 0 Å². The van der Waals surface area contributed by atoms with Gasteiger partial charge in [-0.25, -0.2) is 15.0 Å². The van der Waals surface area contributed by atoms with E-state index in [4.69, 9.17) is 15.0 Å². The lowest BCUT2D eigenvalue weighted by Crippen LogP contribution is -2.14. The molecule has 44 heavy (non-hydrogen) atoms. The van der Waals surface area contributed by atoms with E-state index in [0.717, 1.165) is 27.9 Å². The minimum atomic E-state index is 0.641. The van der Waals surface area contributed by atoms with Gasteiger partial charge in [0.25, 0.3) is 0 Å². The molecular weight excluding hydrogens is 557 g/mol. The highest BCUT2D eigenvalue weighted by molar-refractivity contribution is 7.99.